The zero-order valence-electron chi connectivity index (χ0n) is 23.6. The minimum absolute atomic E-state index is 0.106. The zero-order chi connectivity index (χ0) is 29.1. The van der Waals surface area contributed by atoms with Gasteiger partial charge in [-0.05, 0) is 67.8 Å². The van der Waals surface area contributed by atoms with E-state index in [1.807, 2.05) is 62.5 Å². The molecule has 1 aliphatic heterocycles. The fourth-order valence-corrected chi connectivity index (χ4v) is 5.39. The average molecular weight is 582 g/mol. The van der Waals surface area contributed by atoms with Crippen LogP contribution in [0.1, 0.15) is 46.1 Å². The van der Waals surface area contributed by atoms with E-state index in [1.54, 1.807) is 24.5 Å². The molecule has 10 heteroatoms. The van der Waals surface area contributed by atoms with Gasteiger partial charge in [0.05, 0.1) is 23.1 Å². The van der Waals surface area contributed by atoms with E-state index in [0.29, 0.717) is 34.3 Å². The molecule has 0 unspecified atom stereocenters. The molecule has 1 saturated heterocycles. The van der Waals surface area contributed by atoms with Crippen molar-refractivity contribution >= 4 is 34.2 Å². The predicted molar refractivity (Wildman–Crippen MR) is 163 cm³/mol. The summed E-state index contributed by atoms with van der Waals surface area (Å²) in [5.41, 5.74) is 4.94. The van der Waals surface area contributed by atoms with Gasteiger partial charge in [0.1, 0.15) is 17.8 Å². The summed E-state index contributed by atoms with van der Waals surface area (Å²) in [5, 5.41) is 3.69. The largest absolute Gasteiger partial charge is 0.474 e. The molecule has 9 nitrogen and oxygen atoms in total. The van der Waals surface area contributed by atoms with Gasteiger partial charge in [-0.1, -0.05) is 23.7 Å². The number of carbonyl (C=O) groups excluding carboxylic acids is 1. The van der Waals surface area contributed by atoms with Crippen LogP contribution >= 0.6 is 11.6 Å². The van der Waals surface area contributed by atoms with Gasteiger partial charge < -0.3 is 14.6 Å². The van der Waals surface area contributed by atoms with Crippen LogP contribution in [0.4, 0.5) is 5.69 Å². The molecule has 214 valence electrons. The summed E-state index contributed by atoms with van der Waals surface area (Å²) in [6.07, 6.45) is 5.99. The molecule has 1 amide bonds. The number of carbonyl (C=O) groups is 1. The molecular weight excluding hydrogens is 550 g/mol. The van der Waals surface area contributed by atoms with E-state index in [2.05, 4.69) is 29.7 Å². The SMILES string of the molecule is Cc1ncccc1C(=O)Nc1ccc2c(c1)nc(CN1CCC(Oc3ccnc(Cc4ccc(Cl)cc4)n3)CC1)n2C. The molecule has 4 heterocycles. The second-order valence-corrected chi connectivity index (χ2v) is 11.0. The standard InChI is InChI=1S/C32H32ClN7O2/c1-21-26(4-3-14-34-21)32(41)36-24-9-10-28-27(19-24)37-30(39(28)2)20-40-16-12-25(13-17-40)42-31-11-15-35-29(38-31)18-22-5-7-23(33)8-6-22/h3-11,14-15,19,25H,12-13,16-18,20H2,1-2H3,(H,36,41). The van der Waals surface area contributed by atoms with Gasteiger partial charge in [0.2, 0.25) is 5.88 Å². The van der Waals surface area contributed by atoms with Crippen molar-refractivity contribution in [3.8, 4) is 5.88 Å². The quantitative estimate of drug-likeness (QED) is 0.254. The van der Waals surface area contributed by atoms with Crippen LogP contribution in [0.25, 0.3) is 11.0 Å². The molecule has 0 atom stereocenters. The summed E-state index contributed by atoms with van der Waals surface area (Å²) in [6.45, 7) is 4.38. The second kappa shape index (κ2) is 12.3. The molecule has 1 aliphatic rings. The van der Waals surface area contributed by atoms with Gasteiger partial charge in [0, 0.05) is 61.4 Å². The lowest BCUT2D eigenvalue weighted by atomic mass is 10.1. The maximum absolute atomic E-state index is 12.7. The van der Waals surface area contributed by atoms with Gasteiger partial charge in [-0.2, -0.15) is 4.98 Å². The third-order valence-electron chi connectivity index (χ3n) is 7.63. The molecule has 0 aliphatic carbocycles. The number of piperidine rings is 1. The Hall–Kier alpha value is -4.34. The monoisotopic (exact) mass is 581 g/mol. The van der Waals surface area contributed by atoms with Gasteiger partial charge in [-0.15, -0.1) is 0 Å². The number of fused-ring (bicyclic) bond motifs is 1. The number of benzene rings is 2. The number of rotatable bonds is 8. The lowest BCUT2D eigenvalue weighted by molar-refractivity contribution is 0.0912. The second-order valence-electron chi connectivity index (χ2n) is 10.6. The van der Waals surface area contributed by atoms with Gasteiger partial charge in [0.15, 0.2) is 0 Å². The van der Waals surface area contributed by atoms with Crippen molar-refractivity contribution in [3.63, 3.8) is 0 Å². The van der Waals surface area contributed by atoms with Crippen molar-refractivity contribution in [3.05, 3.63) is 107 Å². The average Bonchev–Trinajstić information content (AvgIpc) is 3.29. The van der Waals surface area contributed by atoms with Crippen LogP contribution < -0.4 is 10.1 Å². The number of hydrogen-bond acceptors (Lipinski definition) is 7. The van der Waals surface area contributed by atoms with Crippen LogP contribution in [0.2, 0.25) is 5.02 Å². The van der Waals surface area contributed by atoms with Crippen molar-refractivity contribution < 1.29 is 9.53 Å². The fraction of sp³-hybridized carbons (Fsp3) is 0.281. The van der Waals surface area contributed by atoms with Crippen molar-refractivity contribution in [1.82, 2.24) is 29.4 Å². The maximum atomic E-state index is 12.7. The Balaban J connectivity index is 1.04. The van der Waals surface area contributed by atoms with Gasteiger partial charge in [0.25, 0.3) is 5.91 Å². The molecule has 0 spiro atoms. The van der Waals surface area contributed by atoms with Crippen LogP contribution in [0, 0.1) is 6.92 Å². The number of imidazole rings is 1. The third-order valence-corrected chi connectivity index (χ3v) is 7.88. The molecule has 0 radical (unpaired) electrons. The van der Waals surface area contributed by atoms with E-state index < -0.39 is 0 Å². The molecule has 1 N–H and O–H groups in total. The number of amides is 1. The molecular formula is C32H32ClN7O2. The highest BCUT2D eigenvalue weighted by molar-refractivity contribution is 6.30. The maximum Gasteiger partial charge on any atom is 0.257 e. The first-order valence-corrected chi connectivity index (χ1v) is 14.4. The first-order valence-electron chi connectivity index (χ1n) is 14.0. The Labute approximate surface area is 249 Å². The normalized spacial score (nSPS) is 14.3. The summed E-state index contributed by atoms with van der Waals surface area (Å²) in [5.74, 6) is 2.15. The number of nitrogens with one attached hydrogen (secondary N) is 1. The highest BCUT2D eigenvalue weighted by Crippen LogP contribution is 2.24. The molecule has 1 fully saturated rings. The topological polar surface area (TPSA) is 98.1 Å². The van der Waals surface area contributed by atoms with E-state index in [-0.39, 0.29) is 12.0 Å². The van der Waals surface area contributed by atoms with Crippen molar-refractivity contribution in [1.29, 1.82) is 0 Å². The van der Waals surface area contributed by atoms with E-state index >= 15 is 0 Å². The first kappa shape index (κ1) is 27.8. The van der Waals surface area contributed by atoms with Crippen molar-refractivity contribution in [2.45, 2.75) is 38.8 Å². The Morgan fingerprint density at radius 1 is 1.02 bits per heavy atom. The predicted octanol–water partition coefficient (Wildman–Crippen LogP) is 5.61. The molecule has 0 saturated carbocycles. The lowest BCUT2D eigenvalue weighted by Crippen LogP contribution is -2.38. The number of pyridine rings is 1. The van der Waals surface area contributed by atoms with Crippen LogP contribution in [-0.4, -0.2) is 54.5 Å². The summed E-state index contributed by atoms with van der Waals surface area (Å²) in [4.78, 5) is 33.3. The Bertz CT molecular complexity index is 1710. The van der Waals surface area contributed by atoms with Gasteiger partial charge in [-0.25, -0.2) is 9.97 Å². The number of halogens is 1. The first-order chi connectivity index (χ1) is 20.4. The Morgan fingerprint density at radius 3 is 2.62 bits per heavy atom. The zero-order valence-corrected chi connectivity index (χ0v) is 24.4. The molecule has 3 aromatic heterocycles. The van der Waals surface area contributed by atoms with Gasteiger partial charge >= 0.3 is 0 Å². The van der Waals surface area contributed by atoms with E-state index in [0.717, 1.165) is 60.7 Å². The van der Waals surface area contributed by atoms with Crippen LogP contribution in [0.5, 0.6) is 5.88 Å². The molecule has 0 bridgehead atoms. The summed E-state index contributed by atoms with van der Waals surface area (Å²) >= 11 is 6.00. The van der Waals surface area contributed by atoms with Crippen molar-refractivity contribution in [2.24, 2.45) is 7.05 Å². The minimum Gasteiger partial charge on any atom is -0.474 e. The number of nitrogens with zero attached hydrogens (tertiary/aromatic N) is 6. The Kier molecular flexibility index (Phi) is 8.12. The highest BCUT2D eigenvalue weighted by Gasteiger charge is 2.23. The minimum atomic E-state index is -0.180. The number of ether oxygens (including phenoxy) is 1. The summed E-state index contributed by atoms with van der Waals surface area (Å²) in [7, 11) is 2.04. The number of likely N-dealkylation sites (tertiary alicyclic amines) is 1. The van der Waals surface area contributed by atoms with E-state index in [1.165, 1.54) is 0 Å². The molecule has 6 rings (SSSR count). The number of hydrogen-bond donors (Lipinski definition) is 1. The number of anilines is 1. The third kappa shape index (κ3) is 6.42. The number of aromatic nitrogens is 5. The fourth-order valence-electron chi connectivity index (χ4n) is 5.26. The lowest BCUT2D eigenvalue weighted by Gasteiger charge is -2.31. The Morgan fingerprint density at radius 2 is 1.83 bits per heavy atom. The van der Waals surface area contributed by atoms with E-state index in [4.69, 9.17) is 21.3 Å². The van der Waals surface area contributed by atoms with E-state index in [9.17, 15) is 4.79 Å². The molecule has 42 heavy (non-hydrogen) atoms. The smallest absolute Gasteiger partial charge is 0.257 e. The summed E-state index contributed by atoms with van der Waals surface area (Å²) < 4.78 is 8.37. The van der Waals surface area contributed by atoms with Gasteiger partial charge in [-0.3, -0.25) is 14.7 Å². The highest BCUT2D eigenvalue weighted by atomic mass is 35.5. The molecule has 2 aromatic carbocycles. The van der Waals surface area contributed by atoms with Crippen LogP contribution in [0.3, 0.4) is 0 Å². The van der Waals surface area contributed by atoms with Crippen LogP contribution in [0.15, 0.2) is 73.1 Å². The number of aryl methyl sites for hydroxylation is 2. The van der Waals surface area contributed by atoms with Crippen LogP contribution in [-0.2, 0) is 20.0 Å². The summed E-state index contributed by atoms with van der Waals surface area (Å²) in [6, 6.07) is 18.9. The van der Waals surface area contributed by atoms with Crippen molar-refractivity contribution in [2.75, 3.05) is 18.4 Å². The molecule has 5 aromatic rings.